The van der Waals surface area contributed by atoms with Gasteiger partial charge in [-0.3, -0.25) is 9.20 Å². The number of amides is 1. The Morgan fingerprint density at radius 3 is 2.88 bits per heavy atom. The normalized spacial score (nSPS) is 10.9. The number of carbonyl (C=O) groups excluding carboxylic acids is 1. The summed E-state index contributed by atoms with van der Waals surface area (Å²) < 4.78 is 7.18. The van der Waals surface area contributed by atoms with Crippen LogP contribution in [0.15, 0.2) is 35.5 Å². The number of aryl methyl sites for hydroxylation is 2. The summed E-state index contributed by atoms with van der Waals surface area (Å²) in [7, 11) is 1.65. The molecule has 0 saturated heterocycles. The molecule has 2 heterocycles. The topological polar surface area (TPSA) is 81.4 Å². The maximum atomic E-state index is 12.1. The lowest BCUT2D eigenvalue weighted by Gasteiger charge is -2.09. The van der Waals surface area contributed by atoms with Gasteiger partial charge in [-0.1, -0.05) is 30.0 Å². The third-order valence-corrected chi connectivity index (χ3v) is 4.83. The predicted octanol–water partition coefficient (Wildman–Crippen LogP) is 2.20. The highest BCUT2D eigenvalue weighted by molar-refractivity contribution is 7.99. The summed E-state index contributed by atoms with van der Waals surface area (Å²) in [5.41, 5.74) is 2.97. The lowest BCUT2D eigenvalue weighted by molar-refractivity contribution is -0.118. The van der Waals surface area contributed by atoms with E-state index in [0.717, 1.165) is 29.1 Å². The van der Waals surface area contributed by atoms with Crippen molar-refractivity contribution >= 4 is 23.4 Å². The summed E-state index contributed by atoms with van der Waals surface area (Å²) >= 11 is 1.35. The Morgan fingerprint density at radius 2 is 2.08 bits per heavy atom. The summed E-state index contributed by atoms with van der Waals surface area (Å²) in [6.45, 7) is 4.45. The van der Waals surface area contributed by atoms with E-state index in [1.807, 2.05) is 48.6 Å². The second-order valence-corrected chi connectivity index (χ2v) is 6.80. The molecule has 0 radical (unpaired) electrons. The molecule has 1 aromatic carbocycles. The fourth-order valence-electron chi connectivity index (χ4n) is 2.72. The maximum Gasteiger partial charge on any atom is 0.256 e. The summed E-state index contributed by atoms with van der Waals surface area (Å²) in [5, 5.41) is 11.8. The lowest BCUT2D eigenvalue weighted by Crippen LogP contribution is -2.27. The van der Waals surface area contributed by atoms with Crippen LogP contribution in [-0.2, 0) is 11.2 Å². The molecule has 7 nitrogen and oxygen atoms in total. The van der Waals surface area contributed by atoms with Crippen molar-refractivity contribution in [2.45, 2.75) is 25.4 Å². The Bertz CT molecular complexity index is 925. The molecule has 2 aromatic heterocycles. The first kappa shape index (κ1) is 18.2. The molecule has 0 bridgehead atoms. The van der Waals surface area contributed by atoms with Crippen LogP contribution in [0.1, 0.15) is 17.0 Å². The number of ether oxygens (including phenoxy) is 1. The molecule has 3 rings (SSSR count). The van der Waals surface area contributed by atoms with E-state index in [-0.39, 0.29) is 11.7 Å². The fraction of sp³-hybridized carbons (Fsp3) is 0.333. The molecule has 1 amide bonds. The molecule has 8 heteroatoms. The quantitative estimate of drug-likeness (QED) is 0.641. The van der Waals surface area contributed by atoms with Crippen molar-refractivity contribution in [3.05, 3.63) is 47.3 Å². The minimum absolute atomic E-state index is 0.0422. The number of nitrogens with one attached hydrogen (secondary N) is 1. The third-order valence-electron chi connectivity index (χ3n) is 3.90. The molecule has 0 saturated carbocycles. The Labute approximate surface area is 156 Å². The number of methoxy groups -OCH3 is 1. The number of aromatic nitrogens is 4. The van der Waals surface area contributed by atoms with Gasteiger partial charge in [0.05, 0.1) is 12.9 Å². The van der Waals surface area contributed by atoms with Crippen molar-refractivity contribution in [1.29, 1.82) is 0 Å². The van der Waals surface area contributed by atoms with Gasteiger partial charge in [-0.15, -0.1) is 10.2 Å². The number of thioether (sulfide) groups is 1. The summed E-state index contributed by atoms with van der Waals surface area (Å²) in [5.74, 6) is 1.63. The molecule has 0 spiro atoms. The maximum absolute atomic E-state index is 12.1. The largest absolute Gasteiger partial charge is 0.496 e. The van der Waals surface area contributed by atoms with Crippen LogP contribution in [0.2, 0.25) is 0 Å². The van der Waals surface area contributed by atoms with Gasteiger partial charge >= 0.3 is 0 Å². The zero-order valence-corrected chi connectivity index (χ0v) is 15.8. The number of carbonyl (C=O) groups is 1. The van der Waals surface area contributed by atoms with Crippen LogP contribution in [0.4, 0.5) is 0 Å². The first-order valence-electron chi connectivity index (χ1n) is 8.29. The number of para-hydroxylation sites is 1. The molecular formula is C18H21N5O2S. The van der Waals surface area contributed by atoms with E-state index >= 15 is 0 Å². The van der Waals surface area contributed by atoms with Gasteiger partial charge in [-0.2, -0.15) is 0 Å². The number of benzene rings is 1. The molecule has 136 valence electrons. The highest BCUT2D eigenvalue weighted by atomic mass is 32.2. The van der Waals surface area contributed by atoms with E-state index in [2.05, 4.69) is 20.5 Å². The Hall–Kier alpha value is -2.61. The Balaban J connectivity index is 1.53. The summed E-state index contributed by atoms with van der Waals surface area (Å²) in [6.07, 6.45) is 0.719. The van der Waals surface area contributed by atoms with Crippen molar-refractivity contribution in [3.8, 4) is 5.75 Å². The van der Waals surface area contributed by atoms with Gasteiger partial charge in [0.25, 0.3) is 5.78 Å². The van der Waals surface area contributed by atoms with Gasteiger partial charge in [-0.05, 0) is 38.0 Å². The van der Waals surface area contributed by atoms with E-state index in [1.54, 1.807) is 7.11 Å². The highest BCUT2D eigenvalue weighted by Gasteiger charge is 2.12. The van der Waals surface area contributed by atoms with Gasteiger partial charge in [0.2, 0.25) is 5.91 Å². The Morgan fingerprint density at radius 1 is 1.27 bits per heavy atom. The van der Waals surface area contributed by atoms with Crippen molar-refractivity contribution in [1.82, 2.24) is 24.9 Å². The SMILES string of the molecule is COc1ccccc1CCNC(=O)CSc1nnc2nc(C)cc(C)n12. The van der Waals surface area contributed by atoms with Crippen LogP contribution in [0, 0.1) is 13.8 Å². The smallest absolute Gasteiger partial charge is 0.256 e. The molecule has 0 fully saturated rings. The minimum atomic E-state index is -0.0422. The van der Waals surface area contributed by atoms with E-state index in [1.165, 1.54) is 11.8 Å². The fourth-order valence-corrected chi connectivity index (χ4v) is 3.54. The third kappa shape index (κ3) is 4.13. The first-order chi connectivity index (χ1) is 12.6. The average Bonchev–Trinajstić information content (AvgIpc) is 3.03. The number of hydrogen-bond donors (Lipinski definition) is 1. The van der Waals surface area contributed by atoms with Gasteiger partial charge in [-0.25, -0.2) is 4.98 Å². The number of hydrogen-bond acceptors (Lipinski definition) is 6. The van der Waals surface area contributed by atoms with Crippen molar-refractivity contribution < 1.29 is 9.53 Å². The van der Waals surface area contributed by atoms with Crippen molar-refractivity contribution in [2.75, 3.05) is 19.4 Å². The molecule has 3 aromatic rings. The van der Waals surface area contributed by atoms with E-state index < -0.39 is 0 Å². The van der Waals surface area contributed by atoms with Crippen molar-refractivity contribution in [2.24, 2.45) is 0 Å². The molecule has 26 heavy (non-hydrogen) atoms. The van der Waals surface area contributed by atoms with Crippen LogP contribution in [0.3, 0.4) is 0 Å². The summed E-state index contributed by atoms with van der Waals surface area (Å²) in [4.78, 5) is 16.5. The van der Waals surface area contributed by atoms with Crippen LogP contribution in [0.5, 0.6) is 5.75 Å². The van der Waals surface area contributed by atoms with E-state index in [4.69, 9.17) is 4.74 Å². The molecular weight excluding hydrogens is 350 g/mol. The van der Waals surface area contributed by atoms with Gasteiger partial charge in [0.1, 0.15) is 5.75 Å². The van der Waals surface area contributed by atoms with Gasteiger partial charge in [0.15, 0.2) is 5.16 Å². The number of fused-ring (bicyclic) bond motifs is 1. The second kappa shape index (κ2) is 8.18. The molecule has 0 atom stereocenters. The molecule has 1 N–H and O–H groups in total. The van der Waals surface area contributed by atoms with E-state index in [9.17, 15) is 4.79 Å². The number of rotatable bonds is 7. The molecule has 0 aliphatic heterocycles. The molecule has 0 aliphatic rings. The predicted molar refractivity (Wildman–Crippen MR) is 101 cm³/mol. The highest BCUT2D eigenvalue weighted by Crippen LogP contribution is 2.19. The first-order valence-corrected chi connectivity index (χ1v) is 9.28. The number of nitrogens with zero attached hydrogens (tertiary/aromatic N) is 4. The molecule has 0 aliphatic carbocycles. The van der Waals surface area contributed by atoms with Crippen LogP contribution >= 0.6 is 11.8 Å². The van der Waals surface area contributed by atoms with E-state index in [0.29, 0.717) is 17.5 Å². The zero-order valence-electron chi connectivity index (χ0n) is 15.0. The van der Waals surface area contributed by atoms with Crippen molar-refractivity contribution in [3.63, 3.8) is 0 Å². The average molecular weight is 371 g/mol. The van der Waals surface area contributed by atoms with Crippen LogP contribution in [-0.4, -0.2) is 44.9 Å². The van der Waals surface area contributed by atoms with Crippen LogP contribution in [0.25, 0.3) is 5.78 Å². The Kier molecular flexibility index (Phi) is 5.72. The monoisotopic (exact) mass is 371 g/mol. The van der Waals surface area contributed by atoms with Crippen LogP contribution < -0.4 is 10.1 Å². The standard InChI is InChI=1S/C18H21N5O2S/c1-12-10-13(2)23-17(20-12)21-22-18(23)26-11-16(24)19-9-8-14-6-4-5-7-15(14)25-3/h4-7,10H,8-9,11H2,1-3H3,(H,19,24). The second-order valence-electron chi connectivity index (χ2n) is 5.86. The van der Waals surface area contributed by atoms with Gasteiger partial charge in [0, 0.05) is 17.9 Å². The van der Waals surface area contributed by atoms with Gasteiger partial charge < -0.3 is 10.1 Å². The minimum Gasteiger partial charge on any atom is -0.496 e. The molecule has 0 unspecified atom stereocenters. The lowest BCUT2D eigenvalue weighted by atomic mass is 10.1. The summed E-state index contributed by atoms with van der Waals surface area (Å²) in [6, 6.07) is 9.78. The zero-order chi connectivity index (χ0) is 18.5.